The van der Waals surface area contributed by atoms with E-state index >= 15 is 0 Å². The average Bonchev–Trinajstić information content (AvgIpc) is 2.90. The molecule has 1 amide bonds. The third-order valence-corrected chi connectivity index (χ3v) is 3.57. The fourth-order valence-corrected chi connectivity index (χ4v) is 2.65. The second-order valence-corrected chi connectivity index (χ2v) is 4.70. The number of hydrogen-bond donors (Lipinski definition) is 1. The summed E-state index contributed by atoms with van der Waals surface area (Å²) in [6, 6.07) is 9.70. The van der Waals surface area contributed by atoms with E-state index in [-0.39, 0.29) is 6.09 Å². The zero-order valence-corrected chi connectivity index (χ0v) is 9.63. The van der Waals surface area contributed by atoms with Crippen LogP contribution in [0.25, 0.3) is 0 Å². The van der Waals surface area contributed by atoms with Crippen LogP contribution in [0.4, 0.5) is 4.79 Å². The van der Waals surface area contributed by atoms with Crippen molar-refractivity contribution in [2.24, 2.45) is 5.92 Å². The van der Waals surface area contributed by atoms with Crippen LogP contribution < -0.4 is 10.1 Å². The highest BCUT2D eigenvalue weighted by Crippen LogP contribution is 2.25. The second kappa shape index (κ2) is 4.37. The Bertz CT molecular complexity index is 395. The van der Waals surface area contributed by atoms with Crippen molar-refractivity contribution in [3.05, 3.63) is 30.3 Å². The first kappa shape index (κ1) is 10.6. The predicted octanol–water partition coefficient (Wildman–Crippen LogP) is 1.48. The first-order chi connectivity index (χ1) is 8.33. The normalized spacial score (nSPS) is 26.9. The third kappa shape index (κ3) is 2.13. The van der Waals surface area contributed by atoms with Crippen LogP contribution in [0.5, 0.6) is 5.75 Å². The van der Waals surface area contributed by atoms with Crippen LogP contribution in [0.3, 0.4) is 0 Å². The minimum Gasteiger partial charge on any atom is -0.410 e. The molecule has 2 saturated heterocycles. The second-order valence-electron chi connectivity index (χ2n) is 4.70. The molecule has 1 aromatic carbocycles. The fourth-order valence-electron chi connectivity index (χ4n) is 2.65. The lowest BCUT2D eigenvalue weighted by molar-refractivity contribution is 0.159. The molecule has 0 bridgehead atoms. The van der Waals surface area contributed by atoms with Crippen molar-refractivity contribution in [3.63, 3.8) is 0 Å². The molecule has 0 saturated carbocycles. The Hall–Kier alpha value is -1.55. The number of carbonyl (C=O) groups excluding carboxylic acids is 1. The Balaban J connectivity index is 1.61. The molecule has 1 aromatic rings. The Morgan fingerprint density at radius 1 is 1.29 bits per heavy atom. The molecular weight excluding hydrogens is 216 g/mol. The molecule has 2 fully saturated rings. The van der Waals surface area contributed by atoms with Gasteiger partial charge in [-0.25, -0.2) is 4.79 Å². The smallest absolute Gasteiger partial charge is 0.410 e. The predicted molar refractivity (Wildman–Crippen MR) is 63.9 cm³/mol. The first-order valence-corrected chi connectivity index (χ1v) is 6.08. The summed E-state index contributed by atoms with van der Waals surface area (Å²) in [5.41, 5.74) is 0. The van der Waals surface area contributed by atoms with Gasteiger partial charge in [0.2, 0.25) is 0 Å². The zero-order valence-electron chi connectivity index (χ0n) is 9.63. The van der Waals surface area contributed by atoms with Crippen molar-refractivity contribution in [1.82, 2.24) is 10.2 Å². The molecular formula is C13H16N2O2. The molecule has 3 rings (SSSR count). The number of amides is 1. The van der Waals surface area contributed by atoms with E-state index in [0.717, 1.165) is 19.6 Å². The number of para-hydroxylation sites is 1. The topological polar surface area (TPSA) is 41.6 Å². The van der Waals surface area contributed by atoms with E-state index in [0.29, 0.717) is 17.7 Å². The van der Waals surface area contributed by atoms with Crippen molar-refractivity contribution in [3.8, 4) is 5.75 Å². The number of fused-ring (bicyclic) bond motifs is 1. The van der Waals surface area contributed by atoms with Gasteiger partial charge >= 0.3 is 6.09 Å². The zero-order chi connectivity index (χ0) is 11.7. The molecule has 2 aliphatic rings. The van der Waals surface area contributed by atoms with Crippen LogP contribution in [0.1, 0.15) is 6.42 Å². The quantitative estimate of drug-likeness (QED) is 0.797. The monoisotopic (exact) mass is 232 g/mol. The van der Waals surface area contributed by atoms with Gasteiger partial charge < -0.3 is 15.0 Å². The molecule has 1 N–H and O–H groups in total. The maximum absolute atomic E-state index is 11.9. The van der Waals surface area contributed by atoms with Gasteiger partial charge in [0.15, 0.2) is 0 Å². The Morgan fingerprint density at radius 2 is 2.12 bits per heavy atom. The van der Waals surface area contributed by atoms with E-state index in [1.54, 1.807) is 17.0 Å². The van der Waals surface area contributed by atoms with Gasteiger partial charge in [0.25, 0.3) is 0 Å². The molecule has 0 aliphatic carbocycles. The van der Waals surface area contributed by atoms with Gasteiger partial charge in [-0.05, 0) is 31.0 Å². The fraction of sp³-hybridized carbons (Fsp3) is 0.462. The van der Waals surface area contributed by atoms with Crippen LogP contribution in [0.2, 0.25) is 0 Å². The average molecular weight is 232 g/mol. The molecule has 2 heterocycles. The number of nitrogens with one attached hydrogen (secondary N) is 1. The van der Waals surface area contributed by atoms with Crippen LogP contribution >= 0.6 is 0 Å². The maximum Gasteiger partial charge on any atom is 0.415 e. The molecule has 0 spiro atoms. The Kier molecular flexibility index (Phi) is 2.73. The summed E-state index contributed by atoms with van der Waals surface area (Å²) in [4.78, 5) is 13.7. The van der Waals surface area contributed by atoms with Crippen LogP contribution in [0.15, 0.2) is 30.3 Å². The highest BCUT2D eigenvalue weighted by molar-refractivity contribution is 5.71. The number of ether oxygens (including phenoxy) is 1. The number of likely N-dealkylation sites (tertiary alicyclic amines) is 1. The van der Waals surface area contributed by atoms with Gasteiger partial charge in [-0.1, -0.05) is 18.2 Å². The summed E-state index contributed by atoms with van der Waals surface area (Å²) in [5, 5.41) is 3.42. The van der Waals surface area contributed by atoms with Gasteiger partial charge in [0.1, 0.15) is 5.75 Å². The Morgan fingerprint density at radius 3 is 2.88 bits per heavy atom. The number of benzene rings is 1. The summed E-state index contributed by atoms with van der Waals surface area (Å²) >= 11 is 0. The SMILES string of the molecule is O=C(Oc1ccccc1)N1C[C@@H]2CCN[C@@H]2C1. The summed E-state index contributed by atoms with van der Waals surface area (Å²) in [5.74, 6) is 1.22. The summed E-state index contributed by atoms with van der Waals surface area (Å²) in [6.45, 7) is 2.68. The molecule has 90 valence electrons. The van der Waals surface area contributed by atoms with E-state index in [9.17, 15) is 4.79 Å². The van der Waals surface area contributed by atoms with E-state index < -0.39 is 0 Å². The lowest BCUT2D eigenvalue weighted by Gasteiger charge is -2.16. The van der Waals surface area contributed by atoms with Crippen molar-refractivity contribution in [2.45, 2.75) is 12.5 Å². The molecule has 17 heavy (non-hydrogen) atoms. The van der Waals surface area contributed by atoms with E-state index in [4.69, 9.17) is 4.74 Å². The molecule has 0 aromatic heterocycles. The maximum atomic E-state index is 11.9. The third-order valence-electron chi connectivity index (χ3n) is 3.57. The standard InChI is InChI=1S/C13H16N2O2/c16-13(17-11-4-2-1-3-5-11)15-8-10-6-7-14-12(10)9-15/h1-5,10,12,14H,6-9H2/t10-,12+/m0/s1. The molecule has 0 unspecified atom stereocenters. The highest BCUT2D eigenvalue weighted by atomic mass is 16.6. The van der Waals surface area contributed by atoms with Crippen LogP contribution in [-0.2, 0) is 0 Å². The van der Waals surface area contributed by atoms with E-state index in [1.165, 1.54) is 6.42 Å². The largest absolute Gasteiger partial charge is 0.415 e. The summed E-state index contributed by atoms with van der Waals surface area (Å²) in [7, 11) is 0. The number of hydrogen-bond acceptors (Lipinski definition) is 3. The number of nitrogens with zero attached hydrogens (tertiary/aromatic N) is 1. The summed E-state index contributed by atoms with van der Waals surface area (Å²) in [6.07, 6.45) is 0.937. The minimum atomic E-state index is -0.229. The van der Waals surface area contributed by atoms with Gasteiger partial charge in [0.05, 0.1) is 0 Å². The van der Waals surface area contributed by atoms with Gasteiger partial charge in [-0.2, -0.15) is 0 Å². The highest BCUT2D eigenvalue weighted by Gasteiger charge is 2.38. The van der Waals surface area contributed by atoms with Crippen molar-refractivity contribution >= 4 is 6.09 Å². The van der Waals surface area contributed by atoms with Crippen molar-refractivity contribution in [2.75, 3.05) is 19.6 Å². The minimum absolute atomic E-state index is 0.229. The van der Waals surface area contributed by atoms with E-state index in [2.05, 4.69) is 5.32 Å². The van der Waals surface area contributed by atoms with Gasteiger partial charge in [-0.15, -0.1) is 0 Å². The molecule has 2 aliphatic heterocycles. The molecule has 2 atom stereocenters. The molecule has 4 heteroatoms. The lowest BCUT2D eigenvalue weighted by Crippen LogP contribution is -2.35. The molecule has 4 nitrogen and oxygen atoms in total. The van der Waals surface area contributed by atoms with Crippen LogP contribution in [-0.4, -0.2) is 36.7 Å². The first-order valence-electron chi connectivity index (χ1n) is 6.08. The van der Waals surface area contributed by atoms with Gasteiger partial charge in [-0.3, -0.25) is 0 Å². The van der Waals surface area contributed by atoms with Crippen LogP contribution in [0, 0.1) is 5.92 Å². The summed E-state index contributed by atoms with van der Waals surface area (Å²) < 4.78 is 5.32. The Labute approximate surface area is 101 Å². The molecule has 0 radical (unpaired) electrons. The lowest BCUT2D eigenvalue weighted by atomic mass is 10.1. The van der Waals surface area contributed by atoms with Crippen molar-refractivity contribution in [1.29, 1.82) is 0 Å². The number of rotatable bonds is 1. The number of carbonyl (C=O) groups is 1. The van der Waals surface area contributed by atoms with Crippen molar-refractivity contribution < 1.29 is 9.53 Å². The van der Waals surface area contributed by atoms with Gasteiger partial charge in [0, 0.05) is 19.1 Å². The van der Waals surface area contributed by atoms with E-state index in [1.807, 2.05) is 18.2 Å².